The van der Waals surface area contributed by atoms with Crippen molar-refractivity contribution in [1.82, 2.24) is 0 Å². The fourth-order valence-corrected chi connectivity index (χ4v) is 7.38. The molecule has 3 N–H and O–H groups in total. The number of methoxy groups -OCH3 is 4. The Morgan fingerprint density at radius 3 is 2.04 bits per heavy atom. The first kappa shape index (κ1) is 33.8. The van der Waals surface area contributed by atoms with E-state index in [9.17, 15) is 23.9 Å². The number of aryl methyl sites for hydroxylation is 2. The van der Waals surface area contributed by atoms with E-state index in [0.29, 0.717) is 63.8 Å². The van der Waals surface area contributed by atoms with Gasteiger partial charge < -0.3 is 34.1 Å². The predicted octanol–water partition coefficient (Wildman–Crippen LogP) is 5.72. The Hall–Kier alpha value is -4.11. The molecular weight excluding hydrogens is 597 g/mol. The zero-order valence-electron chi connectivity index (χ0n) is 26.9. The van der Waals surface area contributed by atoms with Gasteiger partial charge in [-0.05, 0) is 89.4 Å². The number of nitrogens with one attached hydrogen (secondary N) is 1. The fourth-order valence-electron chi connectivity index (χ4n) is 6.24. The van der Waals surface area contributed by atoms with Gasteiger partial charge in [0.15, 0.2) is 17.3 Å². The molecule has 0 bridgehead atoms. The third-order valence-corrected chi connectivity index (χ3v) is 8.99. The number of allylic oxidation sites excluding steroid dienone is 2. The highest BCUT2D eigenvalue weighted by Crippen LogP contribution is 2.46. The first-order valence-electron chi connectivity index (χ1n) is 14.4. The second-order valence-electron chi connectivity index (χ2n) is 11.7. The first-order valence-corrected chi connectivity index (χ1v) is 16.0. The van der Waals surface area contributed by atoms with Crippen LogP contribution in [-0.4, -0.2) is 49.9 Å². The maximum absolute atomic E-state index is 13.5. The minimum absolute atomic E-state index is 0.0308. The van der Waals surface area contributed by atoms with E-state index in [0.717, 1.165) is 16.7 Å². The van der Waals surface area contributed by atoms with Gasteiger partial charge in [-0.1, -0.05) is 26.0 Å². The van der Waals surface area contributed by atoms with Crippen molar-refractivity contribution in [3.05, 3.63) is 70.3 Å². The van der Waals surface area contributed by atoms with Crippen molar-refractivity contribution >= 4 is 41.4 Å². The molecule has 45 heavy (non-hydrogen) atoms. The van der Waals surface area contributed by atoms with Gasteiger partial charge in [0, 0.05) is 18.4 Å². The van der Waals surface area contributed by atoms with Crippen LogP contribution in [0.5, 0.6) is 23.0 Å². The maximum Gasteiger partial charge on any atom is 0.356 e. The van der Waals surface area contributed by atoms with Crippen LogP contribution in [0.4, 0.5) is 5.69 Å². The molecule has 0 atom stereocenters. The standard InChI is InChI=1S/C34H40NO9P/c1-19-13-20(2)32(29(14-19)45(38,39)40)34(3,4)18-30(37)35-24-15-21(9-12-26(24)41-5)23-10-11-25(36)31(23)22-16-27(42-6)33(44-8)28(17-22)43-7/h9,12-17H,10-11,18H2,1-8H3,(H,35,37)(H2,38,39,40). The molecule has 1 aliphatic carbocycles. The van der Waals surface area contributed by atoms with Crippen LogP contribution in [0.1, 0.15) is 60.9 Å². The van der Waals surface area contributed by atoms with E-state index in [-0.39, 0.29) is 23.4 Å². The summed E-state index contributed by atoms with van der Waals surface area (Å²) < 4.78 is 34.4. The molecule has 4 rings (SSSR count). The molecule has 0 unspecified atom stereocenters. The fraction of sp³-hybridized carbons (Fsp3) is 0.353. The Kier molecular flexibility index (Phi) is 9.82. The van der Waals surface area contributed by atoms with Gasteiger partial charge in [0.1, 0.15) is 5.75 Å². The number of Topliss-reactive ketones (excluding diaryl/α,β-unsaturated/α-hetero) is 1. The lowest BCUT2D eigenvalue weighted by Gasteiger charge is -2.30. The summed E-state index contributed by atoms with van der Waals surface area (Å²) in [5.41, 5.74) is 4.04. The van der Waals surface area contributed by atoms with Crippen LogP contribution in [0.2, 0.25) is 0 Å². The molecule has 0 saturated heterocycles. The van der Waals surface area contributed by atoms with E-state index in [4.69, 9.17) is 18.9 Å². The molecule has 240 valence electrons. The van der Waals surface area contributed by atoms with Crippen LogP contribution in [0.3, 0.4) is 0 Å². The Balaban J connectivity index is 1.73. The number of carbonyl (C=O) groups excluding carboxylic acids is 2. The topological polar surface area (TPSA) is 141 Å². The molecule has 0 heterocycles. The summed E-state index contributed by atoms with van der Waals surface area (Å²) in [5.74, 6) is 1.29. The summed E-state index contributed by atoms with van der Waals surface area (Å²) in [6.45, 7) is 7.14. The van der Waals surface area contributed by atoms with Crippen molar-refractivity contribution in [3.8, 4) is 23.0 Å². The number of hydrogen-bond donors (Lipinski definition) is 3. The Bertz CT molecular complexity index is 1710. The van der Waals surface area contributed by atoms with Gasteiger partial charge in [0.05, 0.1) is 39.4 Å². The molecule has 0 fully saturated rings. The van der Waals surface area contributed by atoms with Gasteiger partial charge in [-0.15, -0.1) is 0 Å². The number of anilines is 1. The Morgan fingerprint density at radius 2 is 1.49 bits per heavy atom. The monoisotopic (exact) mass is 637 g/mol. The third-order valence-electron chi connectivity index (χ3n) is 8.01. The van der Waals surface area contributed by atoms with Crippen LogP contribution in [0, 0.1) is 13.8 Å². The first-order chi connectivity index (χ1) is 21.1. The summed E-state index contributed by atoms with van der Waals surface area (Å²) in [5, 5.41) is 2.86. The second kappa shape index (κ2) is 13.1. The quantitative estimate of drug-likeness (QED) is 0.225. The average molecular weight is 638 g/mol. The van der Waals surface area contributed by atoms with Crippen molar-refractivity contribution < 1.29 is 42.9 Å². The maximum atomic E-state index is 13.5. The summed E-state index contributed by atoms with van der Waals surface area (Å²) >= 11 is 0. The van der Waals surface area contributed by atoms with Crippen molar-refractivity contribution in [3.63, 3.8) is 0 Å². The van der Waals surface area contributed by atoms with E-state index >= 15 is 0 Å². The van der Waals surface area contributed by atoms with E-state index in [1.165, 1.54) is 34.5 Å². The zero-order chi connectivity index (χ0) is 33.3. The van der Waals surface area contributed by atoms with Gasteiger partial charge >= 0.3 is 7.60 Å². The van der Waals surface area contributed by atoms with E-state index in [1.807, 2.05) is 12.1 Å². The molecule has 11 heteroatoms. The number of ether oxygens (including phenoxy) is 4. The number of carbonyl (C=O) groups is 2. The normalized spacial score (nSPS) is 13.6. The Labute approximate surface area is 263 Å². The molecule has 0 spiro atoms. The number of benzene rings is 3. The minimum Gasteiger partial charge on any atom is -0.495 e. The smallest absolute Gasteiger partial charge is 0.356 e. The minimum atomic E-state index is -4.61. The number of hydrogen-bond acceptors (Lipinski definition) is 7. The van der Waals surface area contributed by atoms with E-state index in [2.05, 4.69) is 5.32 Å². The molecule has 0 saturated carbocycles. The van der Waals surface area contributed by atoms with Gasteiger partial charge in [0.2, 0.25) is 11.7 Å². The van der Waals surface area contributed by atoms with Gasteiger partial charge in [0.25, 0.3) is 0 Å². The average Bonchev–Trinajstić information content (AvgIpc) is 3.35. The molecule has 1 amide bonds. The number of rotatable bonds is 11. The highest BCUT2D eigenvalue weighted by molar-refractivity contribution is 7.60. The SMILES string of the molecule is COc1ccc(C2=C(c3cc(OC)c(OC)c(OC)c3)C(=O)CC2)cc1NC(=O)CC(C)(C)c1c(C)cc(C)cc1P(=O)(O)O. The second-order valence-corrected chi connectivity index (χ2v) is 13.3. The summed E-state index contributed by atoms with van der Waals surface area (Å²) in [6, 6.07) is 12.2. The van der Waals surface area contributed by atoms with Crippen LogP contribution in [0.15, 0.2) is 42.5 Å². The highest BCUT2D eigenvalue weighted by atomic mass is 31.2. The molecule has 0 radical (unpaired) electrons. The molecule has 0 aliphatic heterocycles. The molecule has 1 aliphatic rings. The van der Waals surface area contributed by atoms with Crippen molar-refractivity contribution in [2.75, 3.05) is 33.8 Å². The van der Waals surface area contributed by atoms with Crippen LogP contribution >= 0.6 is 7.60 Å². The molecule has 10 nitrogen and oxygen atoms in total. The highest BCUT2D eigenvalue weighted by Gasteiger charge is 2.35. The lowest BCUT2D eigenvalue weighted by atomic mass is 9.78. The summed E-state index contributed by atoms with van der Waals surface area (Å²) in [7, 11) is 1.43. The molecule has 0 aromatic heterocycles. The molecule has 3 aromatic carbocycles. The van der Waals surface area contributed by atoms with Crippen molar-refractivity contribution in [2.24, 2.45) is 0 Å². The summed E-state index contributed by atoms with van der Waals surface area (Å²) in [6.07, 6.45) is 0.756. The largest absolute Gasteiger partial charge is 0.495 e. The molecule has 3 aromatic rings. The van der Waals surface area contributed by atoms with Gasteiger partial charge in [-0.2, -0.15) is 0 Å². The van der Waals surface area contributed by atoms with Crippen molar-refractivity contribution in [1.29, 1.82) is 0 Å². The Morgan fingerprint density at radius 1 is 0.867 bits per heavy atom. The van der Waals surface area contributed by atoms with Gasteiger partial charge in [-0.25, -0.2) is 0 Å². The lowest BCUT2D eigenvalue weighted by molar-refractivity contribution is -0.117. The number of ketones is 1. The van der Waals surface area contributed by atoms with Crippen LogP contribution in [-0.2, 0) is 19.6 Å². The summed E-state index contributed by atoms with van der Waals surface area (Å²) in [4.78, 5) is 46.9. The van der Waals surface area contributed by atoms with E-state index < -0.39 is 13.0 Å². The molecular formula is C34H40NO9P. The number of amides is 1. The van der Waals surface area contributed by atoms with Gasteiger partial charge in [-0.3, -0.25) is 14.2 Å². The zero-order valence-corrected chi connectivity index (χ0v) is 27.8. The lowest BCUT2D eigenvalue weighted by Crippen LogP contribution is -2.32. The predicted molar refractivity (Wildman–Crippen MR) is 174 cm³/mol. The van der Waals surface area contributed by atoms with Crippen molar-refractivity contribution in [2.45, 2.75) is 52.4 Å². The third kappa shape index (κ3) is 6.93. The van der Waals surface area contributed by atoms with E-state index in [1.54, 1.807) is 52.0 Å². The van der Waals surface area contributed by atoms with Crippen LogP contribution in [0.25, 0.3) is 11.1 Å². The van der Waals surface area contributed by atoms with Crippen LogP contribution < -0.4 is 29.6 Å².